The van der Waals surface area contributed by atoms with Gasteiger partial charge in [-0.3, -0.25) is 4.79 Å². The number of carbonyl (C=O) groups excluding carboxylic acids is 2. The Balaban J connectivity index is 3.37. The molecular weight excluding hydrogens is 349 g/mol. The summed E-state index contributed by atoms with van der Waals surface area (Å²) in [4.78, 5) is 23.9. The molecule has 1 rings (SSSR count). The molecule has 0 aliphatic carbocycles. The number of esters is 1. The highest BCUT2D eigenvalue weighted by Crippen LogP contribution is 2.35. The van der Waals surface area contributed by atoms with Gasteiger partial charge in [-0.2, -0.15) is 13.2 Å². The first kappa shape index (κ1) is 20.1. The number of benzene rings is 1. The van der Waals surface area contributed by atoms with Crippen molar-refractivity contribution in [3.8, 4) is 0 Å². The molecule has 24 heavy (non-hydrogen) atoms. The number of nitrogens with one attached hydrogen (secondary N) is 2. The SMILES string of the molecule is CCCC(=O)N[C@@](Nc1ccccc1Cl)(C(=O)OCC)C(F)(F)F. The average molecular weight is 367 g/mol. The number of anilines is 1. The van der Waals surface area contributed by atoms with Crippen LogP contribution < -0.4 is 10.6 Å². The van der Waals surface area contributed by atoms with E-state index in [1.807, 2.05) is 5.32 Å². The summed E-state index contributed by atoms with van der Waals surface area (Å²) in [5, 5.41) is 3.69. The summed E-state index contributed by atoms with van der Waals surface area (Å²) in [6, 6.07) is 5.56. The molecule has 1 aromatic rings. The molecule has 1 amide bonds. The van der Waals surface area contributed by atoms with Gasteiger partial charge in [0.05, 0.1) is 17.3 Å². The molecule has 0 aliphatic rings. The molecule has 2 N–H and O–H groups in total. The maximum absolute atomic E-state index is 13.7. The van der Waals surface area contributed by atoms with Crippen LogP contribution in [0.15, 0.2) is 24.3 Å². The highest BCUT2D eigenvalue weighted by atomic mass is 35.5. The second-order valence-electron chi connectivity index (χ2n) is 4.87. The lowest BCUT2D eigenvalue weighted by atomic mass is 10.1. The Labute approximate surface area is 142 Å². The van der Waals surface area contributed by atoms with Crippen LogP contribution >= 0.6 is 11.6 Å². The first-order valence-corrected chi connectivity index (χ1v) is 7.63. The zero-order valence-corrected chi connectivity index (χ0v) is 13.9. The Morgan fingerprint density at radius 2 is 1.83 bits per heavy atom. The largest absolute Gasteiger partial charge is 0.463 e. The third kappa shape index (κ3) is 4.53. The monoisotopic (exact) mass is 366 g/mol. The van der Waals surface area contributed by atoms with Crippen molar-refractivity contribution in [2.24, 2.45) is 0 Å². The number of carbonyl (C=O) groups is 2. The van der Waals surface area contributed by atoms with Crippen LogP contribution in [0.2, 0.25) is 5.02 Å². The molecule has 0 heterocycles. The minimum absolute atomic E-state index is 0.0415. The van der Waals surface area contributed by atoms with Crippen molar-refractivity contribution < 1.29 is 27.5 Å². The van der Waals surface area contributed by atoms with Crippen LogP contribution in [-0.4, -0.2) is 30.3 Å². The first-order chi connectivity index (χ1) is 11.2. The van der Waals surface area contributed by atoms with Crippen molar-refractivity contribution in [2.75, 3.05) is 11.9 Å². The van der Waals surface area contributed by atoms with Crippen molar-refractivity contribution in [2.45, 2.75) is 38.5 Å². The molecule has 0 bridgehead atoms. The van der Waals surface area contributed by atoms with Crippen LogP contribution in [-0.2, 0) is 14.3 Å². The van der Waals surface area contributed by atoms with Gasteiger partial charge in [-0.05, 0) is 25.5 Å². The number of rotatable bonds is 7. The Morgan fingerprint density at radius 1 is 1.21 bits per heavy atom. The molecule has 0 unspecified atom stereocenters. The highest BCUT2D eigenvalue weighted by Gasteiger charge is 2.63. The van der Waals surface area contributed by atoms with Crippen LogP contribution in [0.1, 0.15) is 26.7 Å². The van der Waals surface area contributed by atoms with Gasteiger partial charge in [0.15, 0.2) is 0 Å². The van der Waals surface area contributed by atoms with E-state index in [1.165, 1.54) is 31.2 Å². The molecule has 0 saturated carbocycles. The van der Waals surface area contributed by atoms with Gasteiger partial charge in [0.25, 0.3) is 0 Å². The van der Waals surface area contributed by atoms with E-state index in [1.54, 1.807) is 12.2 Å². The van der Waals surface area contributed by atoms with E-state index >= 15 is 0 Å². The van der Waals surface area contributed by atoms with Gasteiger partial charge in [-0.25, -0.2) is 4.79 Å². The van der Waals surface area contributed by atoms with E-state index in [-0.39, 0.29) is 23.7 Å². The van der Waals surface area contributed by atoms with Crippen molar-refractivity contribution in [1.82, 2.24) is 5.32 Å². The summed E-state index contributed by atoms with van der Waals surface area (Å²) in [5.74, 6) is -2.61. The fraction of sp³-hybridized carbons (Fsp3) is 0.467. The van der Waals surface area contributed by atoms with Gasteiger partial charge in [-0.15, -0.1) is 0 Å². The lowest BCUT2D eigenvalue weighted by Crippen LogP contribution is -2.69. The number of halogens is 4. The first-order valence-electron chi connectivity index (χ1n) is 7.25. The number of para-hydroxylation sites is 1. The number of alkyl halides is 3. The molecule has 0 spiro atoms. The van der Waals surface area contributed by atoms with Gasteiger partial charge in [-0.1, -0.05) is 30.7 Å². The maximum atomic E-state index is 13.7. The van der Waals surface area contributed by atoms with E-state index < -0.39 is 23.7 Å². The standard InChI is InChI=1S/C15H18ClF3N2O3/c1-3-7-12(22)21-14(15(17,18)19,13(23)24-4-2)20-11-9-6-5-8-10(11)16/h5-6,8-9,20H,3-4,7H2,1-2H3,(H,21,22)/t14-/m0/s1. The summed E-state index contributed by atoms with van der Waals surface area (Å²) >= 11 is 5.87. The quantitative estimate of drug-likeness (QED) is 0.572. The fourth-order valence-electron chi connectivity index (χ4n) is 1.89. The molecule has 0 radical (unpaired) electrons. The second kappa shape index (κ2) is 8.23. The van der Waals surface area contributed by atoms with Crippen LogP contribution in [0, 0.1) is 0 Å². The van der Waals surface area contributed by atoms with E-state index in [2.05, 4.69) is 4.74 Å². The molecule has 0 aromatic heterocycles. The Kier molecular flexibility index (Phi) is 6.89. The normalized spacial score (nSPS) is 13.8. The fourth-order valence-corrected chi connectivity index (χ4v) is 2.08. The van der Waals surface area contributed by atoms with Crippen molar-refractivity contribution in [1.29, 1.82) is 0 Å². The molecule has 134 valence electrons. The topological polar surface area (TPSA) is 67.4 Å². The predicted octanol–water partition coefficient (Wildman–Crippen LogP) is 3.49. The van der Waals surface area contributed by atoms with Crippen molar-refractivity contribution >= 4 is 29.2 Å². The van der Waals surface area contributed by atoms with Gasteiger partial charge < -0.3 is 15.4 Å². The lowest BCUT2D eigenvalue weighted by molar-refractivity contribution is -0.207. The third-order valence-electron chi connectivity index (χ3n) is 3.01. The van der Waals surface area contributed by atoms with Crippen LogP contribution in [0.25, 0.3) is 0 Å². The summed E-state index contributed by atoms with van der Waals surface area (Å²) in [6.07, 6.45) is -5.03. The smallest absolute Gasteiger partial charge is 0.441 e. The molecule has 0 saturated heterocycles. The lowest BCUT2D eigenvalue weighted by Gasteiger charge is -2.35. The summed E-state index contributed by atoms with van der Waals surface area (Å²) < 4.78 is 45.8. The van der Waals surface area contributed by atoms with Gasteiger partial charge in [0.1, 0.15) is 0 Å². The zero-order chi connectivity index (χ0) is 18.4. The van der Waals surface area contributed by atoms with Crippen LogP contribution in [0.5, 0.6) is 0 Å². The zero-order valence-electron chi connectivity index (χ0n) is 13.2. The van der Waals surface area contributed by atoms with E-state index in [0.29, 0.717) is 6.42 Å². The molecule has 0 fully saturated rings. The number of ether oxygens (including phenoxy) is 1. The van der Waals surface area contributed by atoms with Crippen molar-refractivity contribution in [3.63, 3.8) is 0 Å². The second-order valence-corrected chi connectivity index (χ2v) is 5.28. The third-order valence-corrected chi connectivity index (χ3v) is 3.34. The summed E-state index contributed by atoms with van der Waals surface area (Å²) in [5.41, 5.74) is -3.60. The summed E-state index contributed by atoms with van der Waals surface area (Å²) in [7, 11) is 0. The van der Waals surface area contributed by atoms with E-state index in [4.69, 9.17) is 11.6 Å². The van der Waals surface area contributed by atoms with Crippen molar-refractivity contribution in [3.05, 3.63) is 29.3 Å². The molecule has 5 nitrogen and oxygen atoms in total. The average Bonchev–Trinajstić information content (AvgIpc) is 2.48. The Bertz CT molecular complexity index is 596. The molecule has 1 atom stereocenters. The van der Waals surface area contributed by atoms with Gasteiger partial charge in [0, 0.05) is 6.42 Å². The minimum atomic E-state index is -5.16. The molecular formula is C15H18ClF3N2O3. The molecule has 9 heteroatoms. The maximum Gasteiger partial charge on any atom is 0.441 e. The number of amides is 1. The van der Waals surface area contributed by atoms with E-state index in [0.717, 1.165) is 0 Å². The van der Waals surface area contributed by atoms with Gasteiger partial charge >= 0.3 is 17.8 Å². The van der Waals surface area contributed by atoms with Crippen LogP contribution in [0.4, 0.5) is 18.9 Å². The number of hydrogen-bond donors (Lipinski definition) is 2. The van der Waals surface area contributed by atoms with Crippen LogP contribution in [0.3, 0.4) is 0 Å². The minimum Gasteiger partial charge on any atom is -0.463 e. The predicted molar refractivity (Wildman–Crippen MR) is 83.5 cm³/mol. The number of hydrogen-bond acceptors (Lipinski definition) is 4. The summed E-state index contributed by atoms with van der Waals surface area (Å²) in [6.45, 7) is 2.70. The Hall–Kier alpha value is -1.96. The van der Waals surface area contributed by atoms with Gasteiger partial charge in [0.2, 0.25) is 5.91 Å². The molecule has 1 aromatic carbocycles. The highest BCUT2D eigenvalue weighted by molar-refractivity contribution is 6.33. The molecule has 0 aliphatic heterocycles. The van der Waals surface area contributed by atoms with E-state index in [9.17, 15) is 22.8 Å². The Morgan fingerprint density at radius 3 is 2.33 bits per heavy atom.